The maximum Gasteiger partial charge on any atom is 0.319 e. The van der Waals surface area contributed by atoms with E-state index < -0.39 is 12.5 Å². The van der Waals surface area contributed by atoms with Crippen LogP contribution in [0.4, 0.5) is 8.78 Å². The summed E-state index contributed by atoms with van der Waals surface area (Å²) in [6, 6.07) is 6.15. The molecular weight excluding hydrogens is 332 g/mol. The van der Waals surface area contributed by atoms with Gasteiger partial charge in [-0.05, 0) is 37.6 Å². The second-order valence-electron chi connectivity index (χ2n) is 5.92. The Hall–Kier alpha value is -2.64. The molecule has 3 rings (SSSR count). The zero-order valence-corrected chi connectivity index (χ0v) is 13.8. The zero-order valence-electron chi connectivity index (χ0n) is 13.8. The van der Waals surface area contributed by atoms with Crippen LogP contribution in [0, 0.1) is 6.92 Å². The van der Waals surface area contributed by atoms with Crippen molar-refractivity contribution in [3.8, 4) is 0 Å². The van der Waals surface area contributed by atoms with Gasteiger partial charge < -0.3 is 14.2 Å². The Kier molecular flexibility index (Phi) is 4.87. The van der Waals surface area contributed by atoms with Crippen molar-refractivity contribution in [3.63, 3.8) is 0 Å². The highest BCUT2D eigenvalue weighted by atomic mass is 19.3. The summed E-state index contributed by atoms with van der Waals surface area (Å²) in [4.78, 5) is 28.1. The first-order chi connectivity index (χ1) is 12.0. The number of alkyl halides is 2. The summed E-state index contributed by atoms with van der Waals surface area (Å²) in [7, 11) is 0. The largest absolute Gasteiger partial charge is 0.459 e. The van der Waals surface area contributed by atoms with Gasteiger partial charge in [-0.2, -0.15) is 8.78 Å². The topological polar surface area (TPSA) is 58.7 Å². The molecule has 0 N–H and O–H groups in total. The Morgan fingerprint density at radius 1 is 1.04 bits per heavy atom. The molecule has 6 nitrogen and oxygen atoms in total. The molecule has 3 heterocycles. The van der Waals surface area contributed by atoms with Crippen molar-refractivity contribution in [1.29, 1.82) is 0 Å². The van der Waals surface area contributed by atoms with Gasteiger partial charge in [0.15, 0.2) is 5.76 Å². The van der Waals surface area contributed by atoms with Gasteiger partial charge in [0, 0.05) is 31.9 Å². The minimum Gasteiger partial charge on any atom is -0.459 e. The smallest absolute Gasteiger partial charge is 0.319 e. The molecule has 1 aliphatic rings. The highest BCUT2D eigenvalue weighted by Gasteiger charge is 2.27. The van der Waals surface area contributed by atoms with E-state index in [0.29, 0.717) is 38.3 Å². The Morgan fingerprint density at radius 2 is 1.72 bits per heavy atom. The minimum absolute atomic E-state index is 0.0293. The Balaban J connectivity index is 1.71. The second-order valence-corrected chi connectivity index (χ2v) is 5.92. The van der Waals surface area contributed by atoms with E-state index in [1.807, 2.05) is 0 Å². The molecule has 0 radical (unpaired) electrons. The molecule has 0 atom stereocenters. The van der Waals surface area contributed by atoms with Crippen molar-refractivity contribution in [3.05, 3.63) is 47.7 Å². The number of halogens is 2. The number of carbonyl (C=O) groups excluding carboxylic acids is 2. The molecule has 0 bridgehead atoms. The Bertz CT molecular complexity index is 755. The van der Waals surface area contributed by atoms with E-state index in [1.165, 1.54) is 30.2 Å². The van der Waals surface area contributed by atoms with E-state index in [-0.39, 0.29) is 17.4 Å². The third-order valence-corrected chi connectivity index (χ3v) is 4.34. The monoisotopic (exact) mass is 351 g/mol. The predicted octanol–water partition coefficient (Wildman–Crippen LogP) is 2.77. The first kappa shape index (κ1) is 17.2. The molecule has 0 unspecified atom stereocenters. The van der Waals surface area contributed by atoms with Gasteiger partial charge in [-0.3, -0.25) is 14.2 Å². The molecule has 1 aliphatic heterocycles. The van der Waals surface area contributed by atoms with Gasteiger partial charge in [-0.15, -0.1) is 0 Å². The van der Waals surface area contributed by atoms with Gasteiger partial charge in [0.05, 0.1) is 6.26 Å². The standard InChI is InChI=1S/C17H19F2N3O3/c1-12-5-6-13(22(12)17(18)19)15(23)20-7-3-8-21(10-9-20)16(24)14-4-2-11-25-14/h2,4-6,11,17H,3,7-10H2,1H3. The van der Waals surface area contributed by atoms with Crippen molar-refractivity contribution in [2.24, 2.45) is 0 Å². The van der Waals surface area contributed by atoms with Crippen molar-refractivity contribution in [2.75, 3.05) is 26.2 Å². The molecule has 134 valence electrons. The maximum absolute atomic E-state index is 13.2. The number of nitrogens with zero attached hydrogens (tertiary/aromatic N) is 3. The fourth-order valence-electron chi connectivity index (χ4n) is 3.03. The summed E-state index contributed by atoms with van der Waals surface area (Å²) in [6.45, 7) is 0.290. The first-order valence-corrected chi connectivity index (χ1v) is 8.07. The van der Waals surface area contributed by atoms with Gasteiger partial charge in [0.1, 0.15) is 5.69 Å². The van der Waals surface area contributed by atoms with Crippen LogP contribution in [-0.4, -0.2) is 52.4 Å². The number of furan rings is 1. The third kappa shape index (κ3) is 3.42. The van der Waals surface area contributed by atoms with Crippen LogP contribution in [0.2, 0.25) is 0 Å². The fourth-order valence-corrected chi connectivity index (χ4v) is 3.03. The number of aryl methyl sites for hydroxylation is 1. The summed E-state index contributed by atoms with van der Waals surface area (Å²) in [5.74, 6) is -0.422. The SMILES string of the molecule is Cc1ccc(C(=O)N2CCCN(C(=O)c3ccco3)CC2)n1C(F)F. The molecule has 0 saturated carbocycles. The highest BCUT2D eigenvalue weighted by Crippen LogP contribution is 2.21. The maximum atomic E-state index is 13.2. The lowest BCUT2D eigenvalue weighted by molar-refractivity contribution is 0.0552. The van der Waals surface area contributed by atoms with E-state index in [9.17, 15) is 18.4 Å². The van der Waals surface area contributed by atoms with Crippen LogP contribution in [0.1, 0.15) is 39.7 Å². The Morgan fingerprint density at radius 3 is 2.32 bits per heavy atom. The molecule has 1 saturated heterocycles. The van der Waals surface area contributed by atoms with E-state index in [0.717, 1.165) is 4.57 Å². The molecule has 2 amide bonds. The summed E-state index contributed by atoms with van der Waals surface area (Å²) in [5.41, 5.74) is 0.307. The summed E-state index contributed by atoms with van der Waals surface area (Å²) < 4.78 is 32.2. The van der Waals surface area contributed by atoms with Crippen molar-refractivity contribution < 1.29 is 22.8 Å². The van der Waals surface area contributed by atoms with Crippen LogP contribution in [0.5, 0.6) is 0 Å². The van der Waals surface area contributed by atoms with Crippen molar-refractivity contribution >= 4 is 11.8 Å². The number of carbonyl (C=O) groups is 2. The first-order valence-electron chi connectivity index (χ1n) is 8.07. The van der Waals surface area contributed by atoms with Crippen molar-refractivity contribution in [1.82, 2.24) is 14.4 Å². The average molecular weight is 351 g/mol. The molecule has 0 spiro atoms. The predicted molar refractivity (Wildman–Crippen MR) is 85.6 cm³/mol. The molecule has 0 aromatic carbocycles. The number of amides is 2. The number of aromatic nitrogens is 1. The molecule has 2 aromatic heterocycles. The lowest BCUT2D eigenvalue weighted by atomic mass is 10.3. The molecule has 0 aliphatic carbocycles. The van der Waals surface area contributed by atoms with Crippen LogP contribution in [0.3, 0.4) is 0 Å². The molecule has 1 fully saturated rings. The van der Waals surface area contributed by atoms with Crippen molar-refractivity contribution in [2.45, 2.75) is 19.9 Å². The van der Waals surface area contributed by atoms with E-state index in [4.69, 9.17) is 4.42 Å². The van der Waals surface area contributed by atoms with Gasteiger partial charge in [-0.25, -0.2) is 0 Å². The normalized spacial score (nSPS) is 15.5. The minimum atomic E-state index is -2.77. The quantitative estimate of drug-likeness (QED) is 0.854. The average Bonchev–Trinajstić information content (AvgIpc) is 3.17. The lowest BCUT2D eigenvalue weighted by Crippen LogP contribution is -2.38. The molecule has 8 heteroatoms. The summed E-state index contributed by atoms with van der Waals surface area (Å²) >= 11 is 0. The second kappa shape index (κ2) is 7.08. The third-order valence-electron chi connectivity index (χ3n) is 4.34. The van der Waals surface area contributed by atoms with Crippen LogP contribution in [0.25, 0.3) is 0 Å². The van der Waals surface area contributed by atoms with Crippen LogP contribution in [0.15, 0.2) is 34.9 Å². The van der Waals surface area contributed by atoms with E-state index in [1.54, 1.807) is 17.0 Å². The zero-order chi connectivity index (χ0) is 18.0. The molecule has 25 heavy (non-hydrogen) atoms. The van der Waals surface area contributed by atoms with Crippen LogP contribution >= 0.6 is 0 Å². The van der Waals surface area contributed by atoms with Gasteiger partial charge in [0.2, 0.25) is 0 Å². The summed E-state index contributed by atoms with van der Waals surface area (Å²) in [6.07, 6.45) is 2.01. The fraction of sp³-hybridized carbons (Fsp3) is 0.412. The number of hydrogen-bond donors (Lipinski definition) is 0. The van der Waals surface area contributed by atoms with E-state index >= 15 is 0 Å². The lowest BCUT2D eigenvalue weighted by Gasteiger charge is -2.22. The number of hydrogen-bond acceptors (Lipinski definition) is 3. The van der Waals surface area contributed by atoms with Gasteiger partial charge in [0.25, 0.3) is 11.8 Å². The van der Waals surface area contributed by atoms with E-state index in [2.05, 4.69) is 0 Å². The molecule has 2 aromatic rings. The van der Waals surface area contributed by atoms with Gasteiger partial charge in [-0.1, -0.05) is 0 Å². The number of rotatable bonds is 3. The van der Waals surface area contributed by atoms with Crippen LogP contribution in [-0.2, 0) is 0 Å². The summed E-state index contributed by atoms with van der Waals surface area (Å²) in [5, 5.41) is 0. The highest BCUT2D eigenvalue weighted by molar-refractivity contribution is 5.93. The van der Waals surface area contributed by atoms with Crippen LogP contribution < -0.4 is 0 Å². The van der Waals surface area contributed by atoms with Gasteiger partial charge >= 0.3 is 6.55 Å². The Labute approximate surface area is 143 Å². The molecular formula is C17H19F2N3O3.